The van der Waals surface area contributed by atoms with Crippen molar-refractivity contribution in [2.24, 2.45) is 5.73 Å². The van der Waals surface area contributed by atoms with Crippen LogP contribution in [0.25, 0.3) is 6.08 Å². The van der Waals surface area contributed by atoms with E-state index in [-0.39, 0.29) is 5.69 Å². The van der Waals surface area contributed by atoms with E-state index < -0.39 is 5.97 Å². The molecule has 0 amide bonds. The molecule has 0 radical (unpaired) electrons. The average molecular weight is 192 g/mol. The number of carboxylic acids is 1. The van der Waals surface area contributed by atoms with Gasteiger partial charge in [-0.3, -0.25) is 0 Å². The summed E-state index contributed by atoms with van der Waals surface area (Å²) in [5, 5.41) is 8.80. The van der Waals surface area contributed by atoms with E-state index in [0.717, 1.165) is 6.42 Å². The predicted molar refractivity (Wildman–Crippen MR) is 53.9 cm³/mol. The van der Waals surface area contributed by atoms with Gasteiger partial charge in [-0.25, -0.2) is 9.78 Å². The number of hydrogen-bond donors (Lipinski definition) is 2. The van der Waals surface area contributed by atoms with Crippen molar-refractivity contribution in [1.82, 2.24) is 4.98 Å². The Bertz CT molecular complexity index is 348. The highest BCUT2D eigenvalue weighted by molar-refractivity contribution is 5.89. The molecule has 74 valence electrons. The summed E-state index contributed by atoms with van der Waals surface area (Å²) in [6, 6.07) is 3.41. The number of aromatic nitrogens is 1. The number of carbonyl (C=O) groups is 1. The first-order valence-corrected chi connectivity index (χ1v) is 4.30. The molecular formula is C10H12N2O2. The van der Waals surface area contributed by atoms with E-state index in [1.54, 1.807) is 18.2 Å². The second kappa shape index (κ2) is 5.14. The number of nitrogens with zero attached hydrogens (tertiary/aromatic N) is 1. The minimum absolute atomic E-state index is 0.0702. The third kappa shape index (κ3) is 2.67. The fraction of sp³-hybridized carbons (Fsp3) is 0.200. The number of nitrogens with two attached hydrogens (primary N) is 1. The molecular weight excluding hydrogens is 180 g/mol. The van der Waals surface area contributed by atoms with Crippen molar-refractivity contribution < 1.29 is 9.90 Å². The molecule has 1 heterocycles. The van der Waals surface area contributed by atoms with Gasteiger partial charge in [-0.05, 0) is 19.0 Å². The average Bonchev–Trinajstić information content (AvgIpc) is 2.19. The topological polar surface area (TPSA) is 76.2 Å². The van der Waals surface area contributed by atoms with Crippen molar-refractivity contribution in [3.05, 3.63) is 35.7 Å². The molecule has 14 heavy (non-hydrogen) atoms. The zero-order chi connectivity index (χ0) is 10.4. The minimum atomic E-state index is -1.02. The molecule has 3 N–H and O–H groups in total. The van der Waals surface area contributed by atoms with E-state index >= 15 is 0 Å². The van der Waals surface area contributed by atoms with Crippen LogP contribution < -0.4 is 5.73 Å². The summed E-state index contributed by atoms with van der Waals surface area (Å²) >= 11 is 0. The molecule has 0 aliphatic rings. The molecule has 4 nitrogen and oxygen atoms in total. The Kier molecular flexibility index (Phi) is 3.82. The molecule has 4 heteroatoms. The van der Waals surface area contributed by atoms with Gasteiger partial charge in [-0.1, -0.05) is 18.2 Å². The van der Waals surface area contributed by atoms with Crippen molar-refractivity contribution in [3.8, 4) is 0 Å². The number of rotatable bonds is 4. The third-order valence-electron chi connectivity index (χ3n) is 1.67. The lowest BCUT2D eigenvalue weighted by atomic mass is 10.1. The Morgan fingerprint density at radius 1 is 1.64 bits per heavy atom. The lowest BCUT2D eigenvalue weighted by molar-refractivity contribution is 0.0690. The van der Waals surface area contributed by atoms with Crippen LogP contribution >= 0.6 is 0 Å². The molecule has 0 fully saturated rings. The lowest BCUT2D eigenvalue weighted by Crippen LogP contribution is -2.02. The largest absolute Gasteiger partial charge is 0.476 e. The van der Waals surface area contributed by atoms with Gasteiger partial charge in [-0.2, -0.15) is 0 Å². The summed E-state index contributed by atoms with van der Waals surface area (Å²) < 4.78 is 0. The first-order chi connectivity index (χ1) is 6.75. The first kappa shape index (κ1) is 10.4. The monoisotopic (exact) mass is 192 g/mol. The van der Waals surface area contributed by atoms with Crippen LogP contribution in [0.4, 0.5) is 0 Å². The van der Waals surface area contributed by atoms with E-state index in [4.69, 9.17) is 10.8 Å². The predicted octanol–water partition coefficient (Wildman–Crippen LogP) is 1.14. The quantitative estimate of drug-likeness (QED) is 0.750. The summed E-state index contributed by atoms with van der Waals surface area (Å²) in [6.07, 6.45) is 5.75. The molecule has 1 aromatic heterocycles. The van der Waals surface area contributed by atoms with Crippen LogP contribution in [0.5, 0.6) is 0 Å². The lowest BCUT2D eigenvalue weighted by Gasteiger charge is -1.98. The standard InChI is InChI=1S/C10H12N2O2/c11-6-2-1-4-8-5-3-7-12-9(8)10(13)14/h1,3-5,7H,2,6,11H2,(H,13,14). The Labute approximate surface area is 82.1 Å². The van der Waals surface area contributed by atoms with E-state index in [0.29, 0.717) is 12.1 Å². The van der Waals surface area contributed by atoms with Gasteiger partial charge < -0.3 is 10.8 Å². The van der Waals surface area contributed by atoms with Crippen LogP contribution in [0.2, 0.25) is 0 Å². The van der Waals surface area contributed by atoms with Crippen LogP contribution in [0.1, 0.15) is 22.5 Å². The van der Waals surface area contributed by atoms with Crippen molar-refractivity contribution in [1.29, 1.82) is 0 Å². The van der Waals surface area contributed by atoms with Gasteiger partial charge in [-0.15, -0.1) is 0 Å². The summed E-state index contributed by atoms with van der Waals surface area (Å²) in [5.41, 5.74) is 5.98. The zero-order valence-electron chi connectivity index (χ0n) is 7.68. The van der Waals surface area contributed by atoms with Crippen molar-refractivity contribution in [2.75, 3.05) is 6.54 Å². The van der Waals surface area contributed by atoms with Gasteiger partial charge in [0.1, 0.15) is 0 Å². The Balaban J connectivity index is 2.90. The summed E-state index contributed by atoms with van der Waals surface area (Å²) in [7, 11) is 0. The van der Waals surface area contributed by atoms with Gasteiger partial charge >= 0.3 is 5.97 Å². The minimum Gasteiger partial charge on any atom is -0.476 e. The molecule has 0 unspecified atom stereocenters. The fourth-order valence-electron chi connectivity index (χ4n) is 1.04. The molecule has 0 saturated carbocycles. The van der Waals surface area contributed by atoms with Gasteiger partial charge in [0, 0.05) is 11.8 Å². The van der Waals surface area contributed by atoms with Gasteiger partial charge in [0.2, 0.25) is 0 Å². The van der Waals surface area contributed by atoms with E-state index in [1.165, 1.54) is 6.20 Å². The summed E-state index contributed by atoms with van der Waals surface area (Å²) in [4.78, 5) is 14.5. The van der Waals surface area contributed by atoms with Crippen molar-refractivity contribution in [3.63, 3.8) is 0 Å². The van der Waals surface area contributed by atoms with E-state index in [9.17, 15) is 4.79 Å². The highest BCUT2D eigenvalue weighted by atomic mass is 16.4. The maximum Gasteiger partial charge on any atom is 0.355 e. The van der Waals surface area contributed by atoms with Gasteiger partial charge in [0.15, 0.2) is 5.69 Å². The molecule has 1 aromatic rings. The van der Waals surface area contributed by atoms with Crippen LogP contribution in [-0.2, 0) is 0 Å². The Morgan fingerprint density at radius 2 is 2.43 bits per heavy atom. The SMILES string of the molecule is NCCC=Cc1cccnc1C(=O)O. The first-order valence-electron chi connectivity index (χ1n) is 4.30. The third-order valence-corrected chi connectivity index (χ3v) is 1.67. The molecule has 0 aliphatic heterocycles. The molecule has 0 aliphatic carbocycles. The number of carboxylic acid groups (broad SMARTS) is 1. The normalized spacial score (nSPS) is 10.6. The number of pyridine rings is 1. The maximum atomic E-state index is 10.7. The van der Waals surface area contributed by atoms with Crippen LogP contribution in [0, 0.1) is 0 Å². The van der Waals surface area contributed by atoms with E-state index in [2.05, 4.69) is 4.98 Å². The Hall–Kier alpha value is -1.68. The van der Waals surface area contributed by atoms with Crippen molar-refractivity contribution >= 4 is 12.0 Å². The molecule has 1 rings (SSSR count). The Morgan fingerprint density at radius 3 is 3.07 bits per heavy atom. The molecule has 0 saturated heterocycles. The van der Waals surface area contributed by atoms with Crippen LogP contribution in [0.3, 0.4) is 0 Å². The second-order valence-corrected chi connectivity index (χ2v) is 2.73. The highest BCUT2D eigenvalue weighted by Gasteiger charge is 2.07. The van der Waals surface area contributed by atoms with Gasteiger partial charge in [0.05, 0.1) is 0 Å². The van der Waals surface area contributed by atoms with Crippen molar-refractivity contribution in [2.45, 2.75) is 6.42 Å². The second-order valence-electron chi connectivity index (χ2n) is 2.73. The smallest absolute Gasteiger partial charge is 0.355 e. The maximum absolute atomic E-state index is 10.7. The molecule has 0 bridgehead atoms. The number of aromatic carboxylic acids is 1. The highest BCUT2D eigenvalue weighted by Crippen LogP contribution is 2.07. The molecule has 0 aromatic carbocycles. The fourth-order valence-corrected chi connectivity index (χ4v) is 1.04. The summed E-state index contributed by atoms with van der Waals surface area (Å²) in [6.45, 7) is 0.555. The molecule has 0 atom stereocenters. The van der Waals surface area contributed by atoms with Crippen LogP contribution in [0.15, 0.2) is 24.4 Å². The van der Waals surface area contributed by atoms with Crippen LogP contribution in [-0.4, -0.2) is 22.6 Å². The number of hydrogen-bond acceptors (Lipinski definition) is 3. The van der Waals surface area contributed by atoms with E-state index in [1.807, 2.05) is 6.08 Å². The summed E-state index contributed by atoms with van der Waals surface area (Å²) in [5.74, 6) is -1.02. The molecule has 0 spiro atoms. The van der Waals surface area contributed by atoms with Gasteiger partial charge in [0.25, 0.3) is 0 Å². The zero-order valence-corrected chi connectivity index (χ0v) is 7.68.